The molecule has 2 aliphatic carbocycles. The first-order chi connectivity index (χ1) is 13.5. The predicted octanol–water partition coefficient (Wildman–Crippen LogP) is 4.76. The van der Waals surface area contributed by atoms with Crippen molar-refractivity contribution in [1.29, 1.82) is 0 Å². The molecular formula is C22H34N2O4. The van der Waals surface area contributed by atoms with Gasteiger partial charge in [-0.15, -0.1) is 0 Å². The Balaban J connectivity index is 1.84. The fraction of sp³-hybridized carbons (Fsp3) is 0.773. The molecule has 0 saturated heterocycles. The highest BCUT2D eigenvalue weighted by Crippen LogP contribution is 2.42. The zero-order valence-corrected chi connectivity index (χ0v) is 17.2. The quantitative estimate of drug-likeness (QED) is 0.700. The molecule has 0 aliphatic heterocycles. The van der Waals surface area contributed by atoms with E-state index in [-0.39, 0.29) is 17.7 Å². The number of aliphatic carboxylic acids is 1. The van der Waals surface area contributed by atoms with Crippen LogP contribution >= 0.6 is 0 Å². The van der Waals surface area contributed by atoms with Crippen LogP contribution in [0.3, 0.4) is 0 Å². The van der Waals surface area contributed by atoms with Gasteiger partial charge in [-0.1, -0.05) is 83.2 Å². The van der Waals surface area contributed by atoms with E-state index in [1.165, 1.54) is 19.1 Å². The van der Waals surface area contributed by atoms with Crippen molar-refractivity contribution in [3.63, 3.8) is 0 Å². The maximum Gasteiger partial charge on any atom is 0.326 e. The molecule has 6 heteroatoms. The minimum Gasteiger partial charge on any atom is -0.480 e. The standard InChI is InChI=1S/C22H34N2O4/c1-14(2)19-17(13-28-24-19)21(25)23-20(22(26)27)18(15-9-5-3-6-10-15)16-11-7-4-8-12-16/h13-16,18,20H,3-12H2,1-2H3,(H,23,25)(H,26,27). The zero-order valence-electron chi connectivity index (χ0n) is 17.2. The lowest BCUT2D eigenvalue weighted by Gasteiger charge is -2.41. The molecule has 156 valence electrons. The largest absolute Gasteiger partial charge is 0.480 e. The zero-order chi connectivity index (χ0) is 20.1. The van der Waals surface area contributed by atoms with E-state index in [2.05, 4.69) is 10.5 Å². The molecule has 2 aliphatic rings. The topological polar surface area (TPSA) is 92.4 Å². The summed E-state index contributed by atoms with van der Waals surface area (Å²) in [6, 6.07) is -0.853. The van der Waals surface area contributed by atoms with Crippen molar-refractivity contribution in [2.24, 2.45) is 17.8 Å². The SMILES string of the molecule is CC(C)c1nocc1C(=O)NC(C(=O)O)C(C1CCCCC1)C1CCCCC1. The number of amides is 1. The van der Waals surface area contributed by atoms with Crippen LogP contribution in [0.25, 0.3) is 0 Å². The van der Waals surface area contributed by atoms with Crippen LogP contribution in [0.1, 0.15) is 100 Å². The van der Waals surface area contributed by atoms with Crippen LogP contribution < -0.4 is 5.32 Å². The summed E-state index contributed by atoms with van der Waals surface area (Å²) < 4.78 is 5.01. The molecule has 0 radical (unpaired) electrons. The van der Waals surface area contributed by atoms with E-state index < -0.39 is 12.0 Å². The van der Waals surface area contributed by atoms with Gasteiger partial charge in [0, 0.05) is 0 Å². The van der Waals surface area contributed by atoms with Gasteiger partial charge >= 0.3 is 5.97 Å². The van der Waals surface area contributed by atoms with Gasteiger partial charge in [0.05, 0.1) is 5.69 Å². The highest BCUT2D eigenvalue weighted by molar-refractivity contribution is 5.97. The summed E-state index contributed by atoms with van der Waals surface area (Å²) >= 11 is 0. The van der Waals surface area contributed by atoms with E-state index >= 15 is 0 Å². The number of nitrogens with one attached hydrogen (secondary N) is 1. The first-order valence-corrected chi connectivity index (χ1v) is 11.0. The molecule has 0 spiro atoms. The molecule has 2 N–H and O–H groups in total. The normalized spacial score (nSPS) is 20.4. The molecule has 2 saturated carbocycles. The molecule has 1 aromatic rings. The van der Waals surface area contributed by atoms with Gasteiger partial charge in [0.25, 0.3) is 5.91 Å². The van der Waals surface area contributed by atoms with Crippen molar-refractivity contribution in [3.05, 3.63) is 17.5 Å². The second kappa shape index (κ2) is 9.57. The first-order valence-electron chi connectivity index (χ1n) is 11.0. The van der Waals surface area contributed by atoms with Gasteiger partial charge in [-0.3, -0.25) is 4.79 Å². The Morgan fingerprint density at radius 1 is 1.04 bits per heavy atom. The van der Waals surface area contributed by atoms with E-state index in [1.54, 1.807) is 0 Å². The lowest BCUT2D eigenvalue weighted by molar-refractivity contribution is -0.142. The van der Waals surface area contributed by atoms with E-state index in [0.717, 1.165) is 51.4 Å². The van der Waals surface area contributed by atoms with Crippen LogP contribution in [0.4, 0.5) is 0 Å². The molecule has 1 amide bonds. The molecule has 28 heavy (non-hydrogen) atoms. The monoisotopic (exact) mass is 390 g/mol. The third-order valence-corrected chi connectivity index (χ3v) is 6.71. The number of rotatable bonds is 7. The lowest BCUT2D eigenvalue weighted by atomic mass is 9.66. The third-order valence-electron chi connectivity index (χ3n) is 6.71. The minimum atomic E-state index is -0.919. The number of carboxylic acids is 1. The third kappa shape index (κ3) is 4.76. The van der Waals surface area contributed by atoms with E-state index in [4.69, 9.17) is 4.52 Å². The van der Waals surface area contributed by atoms with E-state index in [0.29, 0.717) is 23.1 Å². The molecule has 0 aromatic carbocycles. The van der Waals surface area contributed by atoms with Crippen molar-refractivity contribution in [3.8, 4) is 0 Å². The summed E-state index contributed by atoms with van der Waals surface area (Å²) in [7, 11) is 0. The van der Waals surface area contributed by atoms with Gasteiger partial charge in [-0.2, -0.15) is 0 Å². The average Bonchev–Trinajstić information content (AvgIpc) is 3.19. The minimum absolute atomic E-state index is 0.00408. The summed E-state index contributed by atoms with van der Waals surface area (Å²) in [4.78, 5) is 25.2. The Morgan fingerprint density at radius 2 is 1.57 bits per heavy atom. The van der Waals surface area contributed by atoms with Gasteiger partial charge in [0.2, 0.25) is 0 Å². The number of carboxylic acid groups (broad SMARTS) is 1. The van der Waals surface area contributed by atoms with Crippen LogP contribution in [0.2, 0.25) is 0 Å². The molecule has 6 nitrogen and oxygen atoms in total. The molecule has 2 fully saturated rings. The van der Waals surface area contributed by atoms with Crippen LogP contribution in [0.15, 0.2) is 10.8 Å². The smallest absolute Gasteiger partial charge is 0.326 e. The predicted molar refractivity (Wildman–Crippen MR) is 106 cm³/mol. The summed E-state index contributed by atoms with van der Waals surface area (Å²) in [5, 5.41) is 16.9. The van der Waals surface area contributed by atoms with Crippen LogP contribution in [-0.4, -0.2) is 28.2 Å². The highest BCUT2D eigenvalue weighted by atomic mass is 16.5. The molecule has 1 heterocycles. The molecule has 1 atom stereocenters. The highest BCUT2D eigenvalue weighted by Gasteiger charge is 2.41. The second-order valence-corrected chi connectivity index (χ2v) is 8.93. The fourth-order valence-electron chi connectivity index (χ4n) is 5.34. The molecule has 0 bridgehead atoms. The van der Waals surface area contributed by atoms with Gasteiger partial charge in [0.15, 0.2) is 0 Å². The Kier molecular flexibility index (Phi) is 7.13. The van der Waals surface area contributed by atoms with Crippen LogP contribution in [0.5, 0.6) is 0 Å². The maximum atomic E-state index is 12.9. The summed E-state index contributed by atoms with van der Waals surface area (Å²) in [6.45, 7) is 3.88. The van der Waals surface area contributed by atoms with Crippen molar-refractivity contribution < 1.29 is 19.2 Å². The maximum absolute atomic E-state index is 12.9. The van der Waals surface area contributed by atoms with Gasteiger partial charge < -0.3 is 14.9 Å². The van der Waals surface area contributed by atoms with Crippen molar-refractivity contribution in [2.45, 2.75) is 90.0 Å². The Labute approximate surface area is 167 Å². The van der Waals surface area contributed by atoms with Gasteiger partial charge in [0.1, 0.15) is 17.9 Å². The van der Waals surface area contributed by atoms with Crippen molar-refractivity contribution >= 4 is 11.9 Å². The Hall–Kier alpha value is -1.85. The number of hydrogen-bond donors (Lipinski definition) is 2. The van der Waals surface area contributed by atoms with Gasteiger partial charge in [-0.25, -0.2) is 4.79 Å². The first kappa shape index (κ1) is 20.9. The fourth-order valence-corrected chi connectivity index (χ4v) is 5.34. The van der Waals surface area contributed by atoms with Gasteiger partial charge in [-0.05, 0) is 23.7 Å². The average molecular weight is 391 g/mol. The number of carbonyl (C=O) groups excluding carboxylic acids is 1. The van der Waals surface area contributed by atoms with Crippen LogP contribution in [-0.2, 0) is 4.79 Å². The summed E-state index contributed by atoms with van der Waals surface area (Å²) in [6.07, 6.45) is 12.8. The number of nitrogens with zero attached hydrogens (tertiary/aromatic N) is 1. The summed E-state index contributed by atoms with van der Waals surface area (Å²) in [5.41, 5.74) is 0.931. The molecule has 3 rings (SSSR count). The van der Waals surface area contributed by atoms with E-state index in [1.807, 2.05) is 13.8 Å². The molecular weight excluding hydrogens is 356 g/mol. The summed E-state index contributed by atoms with van der Waals surface area (Å²) in [5.74, 6) is -0.499. The molecule has 1 aromatic heterocycles. The Morgan fingerprint density at radius 3 is 2.04 bits per heavy atom. The number of hydrogen-bond acceptors (Lipinski definition) is 4. The van der Waals surface area contributed by atoms with Crippen molar-refractivity contribution in [2.75, 3.05) is 0 Å². The number of carbonyl (C=O) groups is 2. The van der Waals surface area contributed by atoms with E-state index in [9.17, 15) is 14.7 Å². The second-order valence-electron chi connectivity index (χ2n) is 8.93. The Bertz CT molecular complexity index is 639. The lowest BCUT2D eigenvalue weighted by Crippen LogP contribution is -2.51. The van der Waals surface area contributed by atoms with Crippen LogP contribution in [0, 0.1) is 17.8 Å². The number of aromatic nitrogens is 1. The van der Waals surface area contributed by atoms with Crippen molar-refractivity contribution in [1.82, 2.24) is 10.5 Å². The molecule has 1 unspecified atom stereocenters.